The molecule has 0 bridgehead atoms. The van der Waals surface area contributed by atoms with Gasteiger partial charge in [0.05, 0.1) is 6.54 Å². The maximum absolute atomic E-state index is 12.5. The third-order valence-electron chi connectivity index (χ3n) is 6.46. The average molecular weight is 453 g/mol. The number of hydrogen-bond acceptors (Lipinski definition) is 5. The zero-order chi connectivity index (χ0) is 23.4. The Morgan fingerprint density at radius 3 is 2.27 bits per heavy atom. The number of carbonyl (C=O) groups is 3. The minimum absolute atomic E-state index is 0.00401. The Balaban J connectivity index is 1.24. The first kappa shape index (κ1) is 22.8. The summed E-state index contributed by atoms with van der Waals surface area (Å²) in [6, 6.07) is 16.3. The number of hydrogen-bond donors (Lipinski definition) is 4. The first-order valence-electron chi connectivity index (χ1n) is 11.2. The molecule has 8 nitrogen and oxygen atoms in total. The summed E-state index contributed by atoms with van der Waals surface area (Å²) in [5, 5.41) is 23.2. The van der Waals surface area contributed by atoms with E-state index in [2.05, 4.69) is 34.9 Å². The predicted molar refractivity (Wildman–Crippen MR) is 121 cm³/mol. The van der Waals surface area contributed by atoms with E-state index >= 15 is 0 Å². The molecule has 2 aromatic carbocycles. The van der Waals surface area contributed by atoms with Gasteiger partial charge in [-0.05, 0) is 47.4 Å². The number of amides is 2. The van der Waals surface area contributed by atoms with Crippen molar-refractivity contribution in [2.24, 2.45) is 5.92 Å². The summed E-state index contributed by atoms with van der Waals surface area (Å²) in [7, 11) is 0. The predicted octanol–water partition coefficient (Wildman–Crippen LogP) is 2.65. The number of aliphatic carboxylic acids is 1. The van der Waals surface area contributed by atoms with E-state index in [0.29, 0.717) is 6.42 Å². The van der Waals surface area contributed by atoms with Crippen LogP contribution in [0.2, 0.25) is 0 Å². The highest BCUT2D eigenvalue weighted by atomic mass is 16.5. The standard InChI is InChI=1S/C25H28N2O6/c28-22(24(30)31)13-26-23(29)12-15-9-10-16(11-15)27-25(32)33-14-21-19-7-3-1-5-17(19)18-6-2-4-8-20(18)21/h1-8,15-16,21-22,28H,9-14H2,(H,26,29)(H,27,32)(H,30,31)/t15?,16?,22-/m0/s1. The van der Waals surface area contributed by atoms with Gasteiger partial charge in [-0.3, -0.25) is 4.79 Å². The van der Waals surface area contributed by atoms with Gasteiger partial charge in [0.1, 0.15) is 6.61 Å². The van der Waals surface area contributed by atoms with Crippen LogP contribution in [0.3, 0.4) is 0 Å². The Labute approximate surface area is 192 Å². The highest BCUT2D eigenvalue weighted by Crippen LogP contribution is 2.44. The zero-order valence-corrected chi connectivity index (χ0v) is 18.2. The van der Waals surface area contributed by atoms with Crippen LogP contribution in [0.15, 0.2) is 48.5 Å². The molecule has 2 aromatic rings. The molecule has 0 heterocycles. The van der Waals surface area contributed by atoms with Crippen LogP contribution in [-0.2, 0) is 14.3 Å². The third-order valence-corrected chi connectivity index (χ3v) is 6.46. The molecule has 0 saturated heterocycles. The molecule has 2 aliphatic rings. The van der Waals surface area contributed by atoms with Crippen LogP contribution in [0, 0.1) is 5.92 Å². The Bertz CT molecular complexity index is 994. The van der Waals surface area contributed by atoms with E-state index in [-0.39, 0.29) is 43.4 Å². The van der Waals surface area contributed by atoms with Crippen molar-refractivity contribution >= 4 is 18.0 Å². The molecule has 0 aromatic heterocycles. The van der Waals surface area contributed by atoms with E-state index in [1.54, 1.807) is 0 Å². The van der Waals surface area contributed by atoms with E-state index in [4.69, 9.17) is 9.84 Å². The molecule has 4 N–H and O–H groups in total. The van der Waals surface area contributed by atoms with Crippen molar-refractivity contribution in [3.05, 3.63) is 59.7 Å². The lowest BCUT2D eigenvalue weighted by molar-refractivity contribution is -0.146. The maximum atomic E-state index is 12.5. The summed E-state index contributed by atoms with van der Waals surface area (Å²) < 4.78 is 5.59. The molecule has 8 heteroatoms. The van der Waals surface area contributed by atoms with Crippen LogP contribution < -0.4 is 10.6 Å². The molecule has 2 aliphatic carbocycles. The minimum atomic E-state index is -1.61. The number of fused-ring (bicyclic) bond motifs is 3. The quantitative estimate of drug-likeness (QED) is 0.488. The molecule has 33 heavy (non-hydrogen) atoms. The van der Waals surface area contributed by atoms with E-state index < -0.39 is 18.2 Å². The van der Waals surface area contributed by atoms with Gasteiger partial charge < -0.3 is 25.6 Å². The summed E-state index contributed by atoms with van der Waals surface area (Å²) in [6.07, 6.45) is 0.342. The van der Waals surface area contributed by atoms with Crippen molar-refractivity contribution in [2.75, 3.05) is 13.2 Å². The molecular formula is C25H28N2O6. The molecule has 3 atom stereocenters. The van der Waals surface area contributed by atoms with Crippen molar-refractivity contribution in [3.63, 3.8) is 0 Å². The van der Waals surface area contributed by atoms with Gasteiger partial charge in [0, 0.05) is 18.4 Å². The molecule has 2 unspecified atom stereocenters. The van der Waals surface area contributed by atoms with E-state index in [0.717, 1.165) is 24.0 Å². The number of carbonyl (C=O) groups excluding carboxylic acids is 2. The molecule has 0 radical (unpaired) electrons. The summed E-state index contributed by atoms with van der Waals surface area (Å²) in [5.41, 5.74) is 4.67. The van der Waals surface area contributed by atoms with Crippen molar-refractivity contribution < 1.29 is 29.3 Å². The fourth-order valence-corrected chi connectivity index (χ4v) is 4.83. The van der Waals surface area contributed by atoms with Crippen LogP contribution in [-0.4, -0.2) is 53.5 Å². The fraction of sp³-hybridized carbons (Fsp3) is 0.400. The highest BCUT2D eigenvalue weighted by molar-refractivity contribution is 5.79. The molecule has 0 aliphatic heterocycles. The average Bonchev–Trinajstić information content (AvgIpc) is 3.37. The van der Waals surface area contributed by atoms with Crippen LogP contribution >= 0.6 is 0 Å². The molecule has 0 spiro atoms. The number of benzene rings is 2. The van der Waals surface area contributed by atoms with Gasteiger partial charge in [-0.15, -0.1) is 0 Å². The smallest absolute Gasteiger partial charge is 0.407 e. The van der Waals surface area contributed by atoms with Crippen LogP contribution in [0.4, 0.5) is 4.79 Å². The lowest BCUT2D eigenvalue weighted by Gasteiger charge is -2.17. The molecule has 2 amide bonds. The largest absolute Gasteiger partial charge is 0.479 e. The number of ether oxygens (including phenoxy) is 1. The number of carboxylic acids is 1. The zero-order valence-electron chi connectivity index (χ0n) is 18.2. The SMILES string of the molecule is O=C(CC1CCC(NC(=O)OCC2c3ccccc3-c3ccccc32)C1)NC[C@H](O)C(=O)O. The van der Waals surface area contributed by atoms with Crippen molar-refractivity contribution in [2.45, 2.75) is 43.7 Å². The molecule has 4 rings (SSSR count). The normalized spacial score (nSPS) is 19.9. The van der Waals surface area contributed by atoms with Crippen molar-refractivity contribution in [1.82, 2.24) is 10.6 Å². The lowest BCUT2D eigenvalue weighted by atomic mass is 9.98. The molecule has 174 valence electrons. The van der Waals surface area contributed by atoms with Crippen LogP contribution in [0.1, 0.15) is 42.7 Å². The van der Waals surface area contributed by atoms with Crippen molar-refractivity contribution in [3.8, 4) is 11.1 Å². The number of nitrogens with one attached hydrogen (secondary N) is 2. The summed E-state index contributed by atoms with van der Waals surface area (Å²) in [4.78, 5) is 35.0. The minimum Gasteiger partial charge on any atom is -0.479 e. The third kappa shape index (κ3) is 5.34. The second-order valence-electron chi connectivity index (χ2n) is 8.71. The van der Waals surface area contributed by atoms with Crippen molar-refractivity contribution in [1.29, 1.82) is 0 Å². The van der Waals surface area contributed by atoms with Crippen LogP contribution in [0.5, 0.6) is 0 Å². The molecule has 1 saturated carbocycles. The second kappa shape index (κ2) is 10.0. The Kier molecular flexibility index (Phi) is 6.93. The van der Waals surface area contributed by atoms with Gasteiger partial charge in [0.15, 0.2) is 6.10 Å². The maximum Gasteiger partial charge on any atom is 0.407 e. The van der Waals surface area contributed by atoms with Gasteiger partial charge in [-0.25, -0.2) is 9.59 Å². The van der Waals surface area contributed by atoms with E-state index in [1.165, 1.54) is 11.1 Å². The number of carboxylic acid groups (broad SMARTS) is 1. The Morgan fingerprint density at radius 2 is 1.64 bits per heavy atom. The van der Waals surface area contributed by atoms with E-state index in [9.17, 15) is 19.5 Å². The fourth-order valence-electron chi connectivity index (χ4n) is 4.83. The van der Waals surface area contributed by atoms with E-state index in [1.807, 2.05) is 24.3 Å². The van der Waals surface area contributed by atoms with Gasteiger partial charge in [-0.2, -0.15) is 0 Å². The first-order valence-corrected chi connectivity index (χ1v) is 11.2. The number of aliphatic hydroxyl groups is 1. The summed E-state index contributed by atoms with van der Waals surface area (Å²) in [5.74, 6) is -1.58. The molecular weight excluding hydrogens is 424 g/mol. The lowest BCUT2D eigenvalue weighted by Crippen LogP contribution is -2.37. The second-order valence-corrected chi connectivity index (χ2v) is 8.71. The monoisotopic (exact) mass is 452 g/mol. The summed E-state index contributed by atoms with van der Waals surface area (Å²) >= 11 is 0. The molecule has 1 fully saturated rings. The number of aliphatic hydroxyl groups excluding tert-OH is 1. The number of alkyl carbamates (subject to hydrolysis) is 1. The topological polar surface area (TPSA) is 125 Å². The van der Waals surface area contributed by atoms with Gasteiger partial charge in [0.2, 0.25) is 5.91 Å². The highest BCUT2D eigenvalue weighted by Gasteiger charge is 2.31. The Morgan fingerprint density at radius 1 is 1.00 bits per heavy atom. The van der Waals surface area contributed by atoms with Gasteiger partial charge >= 0.3 is 12.1 Å². The first-order chi connectivity index (χ1) is 15.9. The van der Waals surface area contributed by atoms with Gasteiger partial charge in [-0.1, -0.05) is 48.5 Å². The number of rotatable bonds is 8. The Hall–Kier alpha value is -3.39. The summed E-state index contributed by atoms with van der Waals surface area (Å²) in [6.45, 7) is -0.0629. The van der Waals surface area contributed by atoms with Crippen LogP contribution in [0.25, 0.3) is 11.1 Å². The van der Waals surface area contributed by atoms with Gasteiger partial charge in [0.25, 0.3) is 0 Å².